The fourth-order valence-electron chi connectivity index (χ4n) is 4.63. The van der Waals surface area contributed by atoms with E-state index in [9.17, 15) is 9.59 Å². The van der Waals surface area contributed by atoms with Gasteiger partial charge in [-0.1, -0.05) is 74.9 Å². The minimum Gasteiger partial charge on any atom is -0.494 e. The van der Waals surface area contributed by atoms with Crippen LogP contribution in [0.4, 0.5) is 5.69 Å². The van der Waals surface area contributed by atoms with Gasteiger partial charge in [0.2, 0.25) is 0 Å². The maximum Gasteiger partial charge on any atom is 0.258 e. The van der Waals surface area contributed by atoms with Gasteiger partial charge in [0, 0.05) is 30.0 Å². The number of nitrogens with zero attached hydrogens (tertiary/aromatic N) is 1. The third-order valence-corrected chi connectivity index (χ3v) is 6.73. The van der Waals surface area contributed by atoms with E-state index in [-0.39, 0.29) is 11.7 Å². The van der Waals surface area contributed by atoms with Crippen LogP contribution in [0.25, 0.3) is 27.7 Å². The van der Waals surface area contributed by atoms with Gasteiger partial charge in [0.25, 0.3) is 5.91 Å². The molecular formula is C31H33NO3. The third-order valence-electron chi connectivity index (χ3n) is 6.73. The lowest BCUT2D eigenvalue weighted by molar-refractivity contribution is -0.115. The summed E-state index contributed by atoms with van der Waals surface area (Å²) in [6.45, 7) is 10.2. The number of carbonyl (C=O) groups excluding carboxylic acids is 2. The van der Waals surface area contributed by atoms with Crippen molar-refractivity contribution in [1.82, 2.24) is 0 Å². The summed E-state index contributed by atoms with van der Waals surface area (Å²) in [5.41, 5.74) is 5.55. The Morgan fingerprint density at radius 2 is 1.60 bits per heavy atom. The largest absolute Gasteiger partial charge is 0.494 e. The second-order valence-electron chi connectivity index (χ2n) is 9.29. The number of allylic oxidation sites excluding steroid dienone is 1. The van der Waals surface area contributed by atoms with Crippen molar-refractivity contribution >= 4 is 33.9 Å². The molecule has 4 rings (SSSR count). The highest BCUT2D eigenvalue weighted by molar-refractivity contribution is 6.26. The predicted octanol–water partition coefficient (Wildman–Crippen LogP) is 7.57. The molecule has 1 aliphatic heterocycles. The summed E-state index contributed by atoms with van der Waals surface area (Å²) >= 11 is 0. The van der Waals surface area contributed by atoms with Crippen molar-refractivity contribution in [2.45, 2.75) is 45.4 Å². The predicted molar refractivity (Wildman–Crippen MR) is 145 cm³/mol. The molecule has 35 heavy (non-hydrogen) atoms. The molecule has 0 saturated heterocycles. The molecule has 1 heterocycles. The first kappa shape index (κ1) is 24.5. The van der Waals surface area contributed by atoms with Crippen molar-refractivity contribution in [3.05, 3.63) is 84.5 Å². The van der Waals surface area contributed by atoms with E-state index < -0.39 is 0 Å². The van der Waals surface area contributed by atoms with E-state index in [1.807, 2.05) is 37.4 Å². The third kappa shape index (κ3) is 5.22. The number of unbranched alkanes of at least 4 members (excludes halogenated alkanes) is 4. The fourth-order valence-corrected chi connectivity index (χ4v) is 4.63. The standard InChI is InChI=1S/C31H33NO3/c1-21(2)29(33)13-8-6-5-7-9-20-35-22(3)23-14-16-24(17-15-23)25-18-19-28-30-26(25)11-10-12-27(30)31(34)32(28)4/h10-12,14-19H,1,3,5-9,13,20H2,2,4H3. The molecule has 4 nitrogen and oxygen atoms in total. The zero-order valence-corrected chi connectivity index (χ0v) is 20.7. The van der Waals surface area contributed by atoms with Gasteiger partial charge in [-0.25, -0.2) is 0 Å². The summed E-state index contributed by atoms with van der Waals surface area (Å²) in [6, 6.07) is 18.3. The molecule has 0 aromatic heterocycles. The molecule has 0 atom stereocenters. The highest BCUT2D eigenvalue weighted by Gasteiger charge is 2.27. The number of anilines is 1. The smallest absolute Gasteiger partial charge is 0.258 e. The second-order valence-corrected chi connectivity index (χ2v) is 9.29. The molecule has 4 heteroatoms. The molecule has 3 aromatic carbocycles. The minimum atomic E-state index is 0.0458. The Balaban J connectivity index is 1.30. The molecule has 0 bridgehead atoms. The van der Waals surface area contributed by atoms with Gasteiger partial charge in [0.05, 0.1) is 12.3 Å². The lowest BCUT2D eigenvalue weighted by Crippen LogP contribution is -2.20. The van der Waals surface area contributed by atoms with Crippen LogP contribution in [0.15, 0.2) is 73.3 Å². The number of Topliss-reactive ketones (excluding diaryl/α,β-unsaturated/α-hetero) is 1. The summed E-state index contributed by atoms with van der Waals surface area (Å²) in [5, 5.41) is 2.11. The molecule has 0 radical (unpaired) electrons. The van der Waals surface area contributed by atoms with Gasteiger partial charge in [-0.2, -0.15) is 0 Å². The number of ether oxygens (including phenoxy) is 1. The van der Waals surface area contributed by atoms with E-state index in [2.05, 4.69) is 37.4 Å². The minimum absolute atomic E-state index is 0.0458. The molecule has 0 fully saturated rings. The molecular weight excluding hydrogens is 434 g/mol. The van der Waals surface area contributed by atoms with E-state index in [0.29, 0.717) is 24.4 Å². The first-order chi connectivity index (χ1) is 16.9. The zero-order chi connectivity index (χ0) is 24.9. The van der Waals surface area contributed by atoms with Crippen molar-refractivity contribution < 1.29 is 14.3 Å². The Hall–Kier alpha value is -3.66. The molecule has 0 N–H and O–H groups in total. The number of benzene rings is 3. The van der Waals surface area contributed by atoms with Crippen molar-refractivity contribution in [3.8, 4) is 11.1 Å². The number of hydrogen-bond donors (Lipinski definition) is 0. The number of hydrogen-bond acceptors (Lipinski definition) is 3. The van der Waals surface area contributed by atoms with E-state index in [1.165, 1.54) is 0 Å². The average Bonchev–Trinajstić information content (AvgIpc) is 3.12. The van der Waals surface area contributed by atoms with Crippen LogP contribution in [-0.4, -0.2) is 25.3 Å². The van der Waals surface area contributed by atoms with E-state index in [1.54, 1.807) is 11.8 Å². The van der Waals surface area contributed by atoms with Crippen molar-refractivity contribution in [3.63, 3.8) is 0 Å². The lowest BCUT2D eigenvalue weighted by atomic mass is 9.95. The Morgan fingerprint density at radius 3 is 2.34 bits per heavy atom. The van der Waals surface area contributed by atoms with Crippen LogP contribution < -0.4 is 4.90 Å². The molecule has 1 aliphatic rings. The Morgan fingerprint density at radius 1 is 0.886 bits per heavy atom. The van der Waals surface area contributed by atoms with Gasteiger partial charge in [0.15, 0.2) is 5.78 Å². The van der Waals surface area contributed by atoms with Gasteiger partial charge in [-0.05, 0) is 54.0 Å². The summed E-state index contributed by atoms with van der Waals surface area (Å²) < 4.78 is 5.88. The van der Waals surface area contributed by atoms with Crippen LogP contribution >= 0.6 is 0 Å². The number of ketones is 1. The monoisotopic (exact) mass is 467 g/mol. The molecule has 1 amide bonds. The highest BCUT2D eigenvalue weighted by Crippen LogP contribution is 2.41. The van der Waals surface area contributed by atoms with E-state index in [4.69, 9.17) is 4.74 Å². The Labute approximate surface area is 207 Å². The molecule has 0 saturated carbocycles. The molecule has 0 unspecified atom stereocenters. The van der Waals surface area contributed by atoms with Crippen LogP contribution in [0.3, 0.4) is 0 Å². The van der Waals surface area contributed by atoms with Gasteiger partial charge < -0.3 is 9.64 Å². The molecule has 0 spiro atoms. The van der Waals surface area contributed by atoms with Crippen LogP contribution in [0, 0.1) is 0 Å². The van der Waals surface area contributed by atoms with Crippen LogP contribution in [-0.2, 0) is 9.53 Å². The van der Waals surface area contributed by atoms with E-state index >= 15 is 0 Å². The average molecular weight is 468 g/mol. The van der Waals surface area contributed by atoms with Crippen molar-refractivity contribution in [2.75, 3.05) is 18.6 Å². The van der Waals surface area contributed by atoms with Crippen LogP contribution in [0.2, 0.25) is 0 Å². The summed E-state index contributed by atoms with van der Waals surface area (Å²) in [5.74, 6) is 0.896. The highest BCUT2D eigenvalue weighted by atomic mass is 16.5. The maximum absolute atomic E-state index is 12.6. The molecule has 180 valence electrons. The Bertz CT molecular complexity index is 1290. The van der Waals surface area contributed by atoms with Crippen LogP contribution in [0.1, 0.15) is 61.4 Å². The summed E-state index contributed by atoms with van der Waals surface area (Å²) in [7, 11) is 1.82. The van der Waals surface area contributed by atoms with Gasteiger partial charge in [-0.3, -0.25) is 9.59 Å². The first-order valence-electron chi connectivity index (χ1n) is 12.3. The fraction of sp³-hybridized carbons (Fsp3) is 0.290. The molecule has 3 aromatic rings. The van der Waals surface area contributed by atoms with Gasteiger partial charge in [0.1, 0.15) is 5.76 Å². The first-order valence-corrected chi connectivity index (χ1v) is 12.3. The quantitative estimate of drug-likeness (QED) is 0.157. The maximum atomic E-state index is 12.6. The normalized spacial score (nSPS) is 12.3. The van der Waals surface area contributed by atoms with Gasteiger partial charge in [-0.15, -0.1) is 0 Å². The van der Waals surface area contributed by atoms with Gasteiger partial charge >= 0.3 is 0 Å². The topological polar surface area (TPSA) is 46.6 Å². The zero-order valence-electron chi connectivity index (χ0n) is 20.7. The van der Waals surface area contributed by atoms with E-state index in [0.717, 1.165) is 70.8 Å². The van der Waals surface area contributed by atoms with Crippen molar-refractivity contribution in [2.24, 2.45) is 0 Å². The number of rotatable bonds is 12. The summed E-state index contributed by atoms with van der Waals surface area (Å²) in [6.07, 6.45) is 5.75. The Kier molecular flexibility index (Phi) is 7.50. The number of carbonyl (C=O) groups is 2. The van der Waals surface area contributed by atoms with Crippen molar-refractivity contribution in [1.29, 1.82) is 0 Å². The SMILES string of the molecule is C=C(C)C(=O)CCCCCCCOC(=C)c1ccc(-c2ccc3c4c(cccc24)C(=O)N3C)cc1. The second kappa shape index (κ2) is 10.7. The lowest BCUT2D eigenvalue weighted by Gasteiger charge is -2.13. The summed E-state index contributed by atoms with van der Waals surface area (Å²) in [4.78, 5) is 25.8. The van der Waals surface area contributed by atoms with Crippen LogP contribution in [0.5, 0.6) is 0 Å². The number of amides is 1. The molecule has 0 aliphatic carbocycles.